The Bertz CT molecular complexity index is 674. The van der Waals surface area contributed by atoms with Gasteiger partial charge in [0.05, 0.1) is 22.6 Å². The van der Waals surface area contributed by atoms with Crippen LogP contribution in [-0.4, -0.2) is 39.5 Å². The van der Waals surface area contributed by atoms with Gasteiger partial charge in [0.15, 0.2) is 0 Å². The van der Waals surface area contributed by atoms with Crippen molar-refractivity contribution in [3.63, 3.8) is 0 Å². The zero-order valence-corrected chi connectivity index (χ0v) is 13.2. The van der Waals surface area contributed by atoms with Crippen LogP contribution in [-0.2, 0) is 6.54 Å². The molecule has 0 saturated carbocycles. The molecule has 0 spiro atoms. The number of nitrogens with zero attached hydrogens (tertiary/aromatic N) is 4. The van der Waals surface area contributed by atoms with Gasteiger partial charge in [-0.25, -0.2) is 9.07 Å². The highest BCUT2D eigenvalue weighted by molar-refractivity contribution is 6.30. The molecule has 1 aliphatic heterocycles. The fraction of sp³-hybridized carbons (Fsp3) is 0.467. The first kappa shape index (κ1) is 15.4. The second-order valence-corrected chi connectivity index (χ2v) is 6.64. The van der Waals surface area contributed by atoms with Crippen molar-refractivity contribution < 1.29 is 4.39 Å². The van der Waals surface area contributed by atoms with Gasteiger partial charge in [0.2, 0.25) is 0 Å². The molecule has 1 unspecified atom stereocenters. The summed E-state index contributed by atoms with van der Waals surface area (Å²) in [4.78, 5) is 2.33. The van der Waals surface area contributed by atoms with E-state index in [1.54, 1.807) is 10.7 Å². The van der Waals surface area contributed by atoms with E-state index in [-0.39, 0.29) is 10.4 Å². The lowest BCUT2D eigenvalue weighted by Gasteiger charge is -2.21. The van der Waals surface area contributed by atoms with Crippen molar-refractivity contribution in [2.75, 3.05) is 19.6 Å². The molecule has 2 N–H and O–H groups in total. The lowest BCUT2D eigenvalue weighted by atomic mass is 9.90. The Kier molecular flexibility index (Phi) is 4.16. The maximum atomic E-state index is 13.2. The maximum absolute atomic E-state index is 13.2. The molecule has 0 bridgehead atoms. The first-order valence-electron chi connectivity index (χ1n) is 7.28. The first-order valence-corrected chi connectivity index (χ1v) is 7.66. The maximum Gasteiger partial charge on any atom is 0.141 e. The van der Waals surface area contributed by atoms with E-state index in [9.17, 15) is 4.39 Å². The number of likely N-dealkylation sites (tertiary alicyclic amines) is 1. The van der Waals surface area contributed by atoms with Crippen LogP contribution in [0.3, 0.4) is 0 Å². The Balaban J connectivity index is 1.70. The van der Waals surface area contributed by atoms with E-state index in [4.69, 9.17) is 17.3 Å². The Morgan fingerprint density at radius 3 is 2.95 bits per heavy atom. The molecule has 2 aromatic rings. The first-order chi connectivity index (χ1) is 10.5. The highest BCUT2D eigenvalue weighted by Crippen LogP contribution is 2.29. The van der Waals surface area contributed by atoms with Gasteiger partial charge in [-0.1, -0.05) is 23.7 Å². The van der Waals surface area contributed by atoms with Gasteiger partial charge in [-0.2, -0.15) is 0 Å². The summed E-state index contributed by atoms with van der Waals surface area (Å²) in [5.41, 5.74) is 7.59. The van der Waals surface area contributed by atoms with Gasteiger partial charge in [-0.05, 0) is 43.1 Å². The zero-order chi connectivity index (χ0) is 15.7. The molecule has 1 aromatic heterocycles. The van der Waals surface area contributed by atoms with Gasteiger partial charge in [0, 0.05) is 13.1 Å². The largest absolute Gasteiger partial charge is 0.330 e. The number of hydrogen-bond acceptors (Lipinski definition) is 4. The molecule has 1 atom stereocenters. The zero-order valence-electron chi connectivity index (χ0n) is 12.5. The molecular formula is C15H19ClFN5. The topological polar surface area (TPSA) is 60.0 Å². The summed E-state index contributed by atoms with van der Waals surface area (Å²) < 4.78 is 14.8. The van der Waals surface area contributed by atoms with Gasteiger partial charge in [-0.15, -0.1) is 5.10 Å². The van der Waals surface area contributed by atoms with Crippen molar-refractivity contribution in [2.24, 2.45) is 11.1 Å². The van der Waals surface area contributed by atoms with Gasteiger partial charge < -0.3 is 5.73 Å². The van der Waals surface area contributed by atoms with Crippen molar-refractivity contribution in [3.8, 4) is 5.69 Å². The molecule has 1 fully saturated rings. The van der Waals surface area contributed by atoms with Crippen LogP contribution < -0.4 is 5.73 Å². The molecule has 0 radical (unpaired) electrons. The molecule has 7 heteroatoms. The minimum atomic E-state index is -0.441. The summed E-state index contributed by atoms with van der Waals surface area (Å²) in [6.45, 7) is 5.64. The normalized spacial score (nSPS) is 22.4. The lowest BCUT2D eigenvalue weighted by molar-refractivity contribution is 0.272. The average molecular weight is 324 g/mol. The Hall–Kier alpha value is -1.50. The van der Waals surface area contributed by atoms with Gasteiger partial charge in [-0.3, -0.25) is 4.90 Å². The molecule has 2 heterocycles. The predicted molar refractivity (Wildman–Crippen MR) is 83.4 cm³/mol. The van der Waals surface area contributed by atoms with Crippen molar-refractivity contribution >= 4 is 11.6 Å². The summed E-state index contributed by atoms with van der Waals surface area (Å²) in [5, 5.41) is 8.35. The summed E-state index contributed by atoms with van der Waals surface area (Å²) >= 11 is 5.80. The molecule has 1 saturated heterocycles. The fourth-order valence-electron chi connectivity index (χ4n) is 2.78. The van der Waals surface area contributed by atoms with E-state index < -0.39 is 5.82 Å². The summed E-state index contributed by atoms with van der Waals surface area (Å²) in [5.74, 6) is -0.441. The van der Waals surface area contributed by atoms with Crippen molar-refractivity contribution in [1.29, 1.82) is 0 Å². The van der Waals surface area contributed by atoms with Crippen molar-refractivity contribution in [2.45, 2.75) is 19.9 Å². The second-order valence-electron chi connectivity index (χ2n) is 6.23. The molecule has 3 rings (SSSR count). The predicted octanol–water partition coefficient (Wildman–Crippen LogP) is 2.23. The van der Waals surface area contributed by atoms with Crippen LogP contribution in [0.1, 0.15) is 19.0 Å². The van der Waals surface area contributed by atoms with Crippen LogP contribution in [0, 0.1) is 11.2 Å². The molecule has 1 aromatic carbocycles. The van der Waals surface area contributed by atoms with Crippen LogP contribution in [0.4, 0.5) is 4.39 Å². The number of aromatic nitrogens is 3. The Labute approximate surface area is 133 Å². The third-order valence-electron chi connectivity index (χ3n) is 4.22. The standard InChI is InChI=1S/C15H19ClFN5/c1-15(9-18)4-5-21(10-15)7-11-8-22(20-19-11)12-2-3-14(17)13(16)6-12/h2-3,6,8H,4-5,7,9-10,18H2,1H3. The molecule has 5 nitrogen and oxygen atoms in total. The van der Waals surface area contributed by atoms with Gasteiger partial charge >= 0.3 is 0 Å². The fourth-order valence-corrected chi connectivity index (χ4v) is 2.96. The van der Waals surface area contributed by atoms with E-state index in [2.05, 4.69) is 22.1 Å². The minimum absolute atomic E-state index is 0.0767. The van der Waals surface area contributed by atoms with Gasteiger partial charge in [0.1, 0.15) is 5.82 Å². The number of halogens is 2. The van der Waals surface area contributed by atoms with E-state index in [1.807, 2.05) is 6.20 Å². The molecule has 22 heavy (non-hydrogen) atoms. The third kappa shape index (κ3) is 3.14. The number of rotatable bonds is 4. The highest BCUT2D eigenvalue weighted by Gasteiger charge is 2.32. The molecule has 0 amide bonds. The van der Waals surface area contributed by atoms with Gasteiger partial charge in [0.25, 0.3) is 0 Å². The monoisotopic (exact) mass is 323 g/mol. The van der Waals surface area contributed by atoms with Crippen LogP contribution >= 0.6 is 11.6 Å². The summed E-state index contributed by atoms with van der Waals surface area (Å²) in [6, 6.07) is 4.49. The third-order valence-corrected chi connectivity index (χ3v) is 4.51. The number of hydrogen-bond donors (Lipinski definition) is 1. The molecule has 1 aliphatic rings. The number of benzene rings is 1. The van der Waals surface area contributed by atoms with Crippen molar-refractivity contribution in [3.05, 3.63) is 40.9 Å². The van der Waals surface area contributed by atoms with Crippen LogP contribution in [0.2, 0.25) is 5.02 Å². The molecule has 0 aliphatic carbocycles. The van der Waals surface area contributed by atoms with E-state index in [1.165, 1.54) is 12.1 Å². The quantitative estimate of drug-likeness (QED) is 0.937. The SMILES string of the molecule is CC1(CN)CCN(Cc2cn(-c3ccc(F)c(Cl)c3)nn2)C1. The smallest absolute Gasteiger partial charge is 0.141 e. The van der Waals surface area contributed by atoms with Crippen molar-refractivity contribution in [1.82, 2.24) is 19.9 Å². The summed E-state index contributed by atoms with van der Waals surface area (Å²) in [7, 11) is 0. The Morgan fingerprint density at radius 2 is 2.27 bits per heavy atom. The molecular weight excluding hydrogens is 305 g/mol. The molecule has 118 valence electrons. The van der Waals surface area contributed by atoms with E-state index in [0.717, 1.165) is 31.7 Å². The van der Waals surface area contributed by atoms with E-state index in [0.29, 0.717) is 12.2 Å². The highest BCUT2D eigenvalue weighted by atomic mass is 35.5. The van der Waals surface area contributed by atoms with Crippen LogP contribution in [0.25, 0.3) is 5.69 Å². The lowest BCUT2D eigenvalue weighted by Crippen LogP contribution is -2.31. The second kappa shape index (κ2) is 5.95. The Morgan fingerprint density at radius 1 is 1.45 bits per heavy atom. The average Bonchev–Trinajstić information content (AvgIpc) is 3.10. The minimum Gasteiger partial charge on any atom is -0.330 e. The van der Waals surface area contributed by atoms with Crippen LogP contribution in [0.15, 0.2) is 24.4 Å². The summed E-state index contributed by atoms with van der Waals surface area (Å²) in [6.07, 6.45) is 2.95. The number of nitrogens with two attached hydrogens (primary N) is 1. The van der Waals surface area contributed by atoms with Crippen LogP contribution in [0.5, 0.6) is 0 Å². The van der Waals surface area contributed by atoms with E-state index >= 15 is 0 Å².